The lowest BCUT2D eigenvalue weighted by atomic mass is 9.97. The van der Waals surface area contributed by atoms with Crippen molar-refractivity contribution in [2.75, 3.05) is 5.32 Å². The van der Waals surface area contributed by atoms with Crippen molar-refractivity contribution in [3.63, 3.8) is 0 Å². The van der Waals surface area contributed by atoms with Crippen LogP contribution in [0.2, 0.25) is 0 Å². The number of hydrogen-bond donors (Lipinski definition) is 3. The molecule has 0 spiro atoms. The Bertz CT molecular complexity index is 1520. The molecule has 0 aliphatic rings. The molecule has 1 aromatic heterocycles. The number of halogens is 4. The van der Waals surface area contributed by atoms with Crippen molar-refractivity contribution >= 4 is 34.2 Å². The van der Waals surface area contributed by atoms with Crippen molar-refractivity contribution in [2.24, 2.45) is 0 Å². The summed E-state index contributed by atoms with van der Waals surface area (Å²) in [6, 6.07) is 24.4. The van der Waals surface area contributed by atoms with Gasteiger partial charge in [0.25, 0.3) is 5.91 Å². The first-order valence-electron chi connectivity index (χ1n) is 12.3. The Labute approximate surface area is 242 Å². The van der Waals surface area contributed by atoms with E-state index < -0.39 is 21.9 Å². The average molecular weight is 659 g/mol. The minimum Gasteiger partial charge on any atom is -0.381 e. The summed E-state index contributed by atoms with van der Waals surface area (Å²) in [5.41, 5.74) is 0.861. The van der Waals surface area contributed by atoms with Crippen LogP contribution in [0.3, 0.4) is 0 Å². The minimum absolute atomic E-state index is 0.143. The van der Waals surface area contributed by atoms with E-state index in [1.807, 2.05) is 72.0 Å². The van der Waals surface area contributed by atoms with Gasteiger partial charge in [0.15, 0.2) is 5.69 Å². The first-order chi connectivity index (χ1) is 19.1. The molecule has 4 rings (SSSR count). The van der Waals surface area contributed by atoms with Crippen LogP contribution in [0.15, 0.2) is 84.9 Å². The van der Waals surface area contributed by atoms with Gasteiger partial charge in [-0.25, -0.2) is 4.68 Å². The molecule has 0 saturated carbocycles. The number of aliphatic hydroxyl groups is 1. The highest BCUT2D eigenvalue weighted by atomic mass is 127. The second kappa shape index (κ2) is 12.6. The zero-order valence-electron chi connectivity index (χ0n) is 21.2. The van der Waals surface area contributed by atoms with E-state index >= 15 is 0 Å². The van der Waals surface area contributed by atoms with Crippen LogP contribution in [0.4, 0.5) is 18.9 Å². The van der Waals surface area contributed by atoms with E-state index in [4.69, 9.17) is 0 Å². The molecular weight excluding hydrogens is 634 g/mol. The topological polar surface area (TPSA) is 103 Å². The predicted molar refractivity (Wildman–Crippen MR) is 153 cm³/mol. The van der Waals surface area contributed by atoms with Crippen LogP contribution in [-0.4, -0.2) is 30.9 Å². The van der Waals surface area contributed by atoms with E-state index in [9.17, 15) is 28.3 Å². The molecule has 0 bridgehead atoms. The summed E-state index contributed by atoms with van der Waals surface area (Å²) in [5.74, 6) is -0.805. The van der Waals surface area contributed by atoms with Gasteiger partial charge < -0.3 is 15.7 Å². The third-order valence-corrected chi connectivity index (χ3v) is 7.08. The third kappa shape index (κ3) is 6.88. The fourth-order valence-corrected chi connectivity index (χ4v) is 4.93. The molecule has 3 atom stereocenters. The van der Waals surface area contributed by atoms with Gasteiger partial charge in [0.2, 0.25) is 0 Å². The molecule has 0 saturated heterocycles. The van der Waals surface area contributed by atoms with Crippen LogP contribution in [0.1, 0.15) is 52.3 Å². The molecule has 3 N–H and O–H groups in total. The van der Waals surface area contributed by atoms with Gasteiger partial charge in [-0.15, -0.1) is 0 Å². The van der Waals surface area contributed by atoms with Crippen molar-refractivity contribution in [2.45, 2.75) is 35.7 Å². The second-order valence-electron chi connectivity index (χ2n) is 8.96. The molecule has 1 amide bonds. The first-order valence-corrected chi connectivity index (χ1v) is 13.6. The molecule has 1 heterocycles. The Morgan fingerprint density at radius 2 is 1.75 bits per heavy atom. The molecule has 0 radical (unpaired) electrons. The van der Waals surface area contributed by atoms with Crippen LogP contribution < -0.4 is 10.6 Å². The number of anilines is 1. The molecule has 7 nitrogen and oxygen atoms in total. The van der Waals surface area contributed by atoms with Crippen molar-refractivity contribution in [1.82, 2.24) is 15.1 Å². The number of aromatic nitrogens is 2. The zero-order valence-corrected chi connectivity index (χ0v) is 23.4. The Hall–Kier alpha value is -3.73. The molecule has 3 aromatic carbocycles. The van der Waals surface area contributed by atoms with Crippen LogP contribution in [0.25, 0.3) is 5.69 Å². The maximum atomic E-state index is 13.5. The summed E-state index contributed by atoms with van der Waals surface area (Å²) in [6.07, 6.45) is -4.11. The minimum atomic E-state index is -4.78. The smallest absolute Gasteiger partial charge is 0.381 e. The zero-order chi connectivity index (χ0) is 28.9. The Kier molecular flexibility index (Phi) is 9.24. The SMILES string of the molecule is CCC(NC(c1ccccc1)c1cccc(NC(=O)c2cc(C(F)(F)F)nn2-c2cccc(C#N)c2)c1)C(O)I. The van der Waals surface area contributed by atoms with Gasteiger partial charge in [-0.1, -0.05) is 55.5 Å². The molecule has 3 unspecified atom stereocenters. The summed E-state index contributed by atoms with van der Waals surface area (Å²) in [6.45, 7) is 1.96. The van der Waals surface area contributed by atoms with Crippen LogP contribution in [0, 0.1) is 11.3 Å². The number of carbonyl (C=O) groups excluding carboxylic acids is 1. The van der Waals surface area contributed by atoms with Crippen LogP contribution in [0.5, 0.6) is 0 Å². The summed E-state index contributed by atoms with van der Waals surface area (Å²) in [7, 11) is 0. The Balaban J connectivity index is 1.69. The number of alkyl halides is 4. The maximum absolute atomic E-state index is 13.5. The average Bonchev–Trinajstić information content (AvgIpc) is 3.41. The second-order valence-corrected chi connectivity index (χ2v) is 10.2. The van der Waals surface area contributed by atoms with Gasteiger partial charge in [0.1, 0.15) is 9.80 Å². The molecule has 11 heteroatoms. The van der Waals surface area contributed by atoms with Crippen LogP contribution in [-0.2, 0) is 6.18 Å². The number of amides is 1. The van der Waals surface area contributed by atoms with Crippen molar-refractivity contribution < 1.29 is 23.1 Å². The highest BCUT2D eigenvalue weighted by Crippen LogP contribution is 2.31. The number of aliphatic hydroxyl groups excluding tert-OH is 1. The lowest BCUT2D eigenvalue weighted by Gasteiger charge is -2.27. The fourth-order valence-electron chi connectivity index (χ4n) is 4.21. The van der Waals surface area contributed by atoms with E-state index in [1.165, 1.54) is 24.3 Å². The molecule has 4 aromatic rings. The summed E-state index contributed by atoms with van der Waals surface area (Å²) >= 11 is 1.96. The Morgan fingerprint density at radius 3 is 2.40 bits per heavy atom. The predicted octanol–water partition coefficient (Wildman–Crippen LogP) is 6.23. The number of nitriles is 1. The molecule has 206 valence electrons. The number of carbonyl (C=O) groups is 1. The monoisotopic (exact) mass is 659 g/mol. The number of hydrogen-bond acceptors (Lipinski definition) is 5. The van der Waals surface area contributed by atoms with Crippen LogP contribution >= 0.6 is 22.6 Å². The molecule has 0 fully saturated rings. The standard InChI is InChI=1S/C29H25F3IN5O2/c1-2-23(27(33)39)36-26(19-9-4-3-5-10-19)20-11-7-12-21(15-20)35-28(40)24-16-25(29(30,31)32)37-38(24)22-13-6-8-18(14-22)17-34/h3-16,23,26-27,36,39H,2H2,1H3,(H,35,40). The number of rotatable bonds is 9. The summed E-state index contributed by atoms with van der Waals surface area (Å²) in [4.78, 5) is 13.3. The Morgan fingerprint density at radius 1 is 1.05 bits per heavy atom. The number of benzene rings is 3. The third-order valence-electron chi connectivity index (χ3n) is 6.22. The van der Waals surface area contributed by atoms with Crippen molar-refractivity contribution in [3.8, 4) is 11.8 Å². The van der Waals surface area contributed by atoms with Crippen molar-refractivity contribution in [3.05, 3.63) is 113 Å². The van der Waals surface area contributed by atoms with Gasteiger partial charge in [-0.2, -0.15) is 23.5 Å². The van der Waals surface area contributed by atoms with Gasteiger partial charge >= 0.3 is 6.18 Å². The molecule has 40 heavy (non-hydrogen) atoms. The fraction of sp³-hybridized carbons (Fsp3) is 0.207. The molecule has 0 aliphatic heterocycles. The molecular formula is C29H25F3IN5O2. The molecule has 0 aliphatic carbocycles. The van der Waals surface area contributed by atoms with E-state index in [0.29, 0.717) is 18.2 Å². The maximum Gasteiger partial charge on any atom is 0.435 e. The highest BCUT2D eigenvalue weighted by Gasteiger charge is 2.36. The van der Waals surface area contributed by atoms with Gasteiger partial charge in [-0.05, 0) is 70.5 Å². The normalized spacial score (nSPS) is 13.7. The highest BCUT2D eigenvalue weighted by molar-refractivity contribution is 14.1. The van der Waals surface area contributed by atoms with E-state index in [1.54, 1.807) is 18.2 Å². The summed E-state index contributed by atoms with van der Waals surface area (Å²) < 4.78 is 40.9. The van der Waals surface area contributed by atoms with Gasteiger partial charge in [0.05, 0.1) is 23.4 Å². The lowest BCUT2D eigenvalue weighted by molar-refractivity contribution is -0.141. The van der Waals surface area contributed by atoms with E-state index in [-0.39, 0.29) is 29.0 Å². The van der Waals surface area contributed by atoms with Gasteiger partial charge in [0, 0.05) is 17.8 Å². The largest absolute Gasteiger partial charge is 0.435 e. The lowest BCUT2D eigenvalue weighted by Crippen LogP contribution is -2.39. The summed E-state index contributed by atoms with van der Waals surface area (Å²) in [5, 5.41) is 29.2. The van der Waals surface area contributed by atoms with E-state index in [2.05, 4.69) is 15.7 Å². The van der Waals surface area contributed by atoms with Crippen molar-refractivity contribution in [1.29, 1.82) is 5.26 Å². The quantitative estimate of drug-likeness (QED) is 0.146. The van der Waals surface area contributed by atoms with E-state index in [0.717, 1.165) is 15.8 Å². The van der Waals surface area contributed by atoms with Gasteiger partial charge in [-0.3, -0.25) is 4.79 Å². The number of nitrogens with zero attached hydrogens (tertiary/aromatic N) is 3. The first kappa shape index (κ1) is 29.3. The number of nitrogens with one attached hydrogen (secondary N) is 2.